The third-order valence-electron chi connectivity index (χ3n) is 3.73. The Labute approximate surface area is 139 Å². The molecule has 4 heteroatoms. The highest BCUT2D eigenvalue weighted by Crippen LogP contribution is 2.16. The minimum atomic E-state index is -0.246. The summed E-state index contributed by atoms with van der Waals surface area (Å²) < 4.78 is 13.5. The lowest BCUT2D eigenvalue weighted by Gasteiger charge is -2.04. The smallest absolute Gasteiger partial charge is 0.244 e. The molecular formula is C20H17FN2O. The second-order valence-electron chi connectivity index (χ2n) is 5.39. The van der Waals surface area contributed by atoms with Gasteiger partial charge in [-0.25, -0.2) is 4.39 Å². The number of benzene rings is 2. The van der Waals surface area contributed by atoms with Crippen LogP contribution in [0.4, 0.5) is 4.39 Å². The van der Waals surface area contributed by atoms with Gasteiger partial charge in [-0.05, 0) is 30.2 Å². The number of carbonyl (C=O) groups excluding carboxylic acids is 1. The predicted octanol–water partition coefficient (Wildman–Crippen LogP) is 3.75. The first kappa shape index (κ1) is 15.9. The molecule has 2 aromatic carbocycles. The summed E-state index contributed by atoms with van der Waals surface area (Å²) in [7, 11) is 0. The maximum Gasteiger partial charge on any atom is 0.244 e. The maximum absolute atomic E-state index is 13.5. The summed E-state index contributed by atoms with van der Waals surface area (Å²) >= 11 is 0. The van der Waals surface area contributed by atoms with Gasteiger partial charge in [0.05, 0.1) is 5.52 Å². The number of rotatable bonds is 5. The second kappa shape index (κ2) is 7.51. The topological polar surface area (TPSA) is 42.0 Å². The Morgan fingerprint density at radius 1 is 1.08 bits per heavy atom. The molecule has 0 saturated carbocycles. The summed E-state index contributed by atoms with van der Waals surface area (Å²) in [4.78, 5) is 16.3. The van der Waals surface area contributed by atoms with Gasteiger partial charge in [-0.3, -0.25) is 9.78 Å². The van der Waals surface area contributed by atoms with Crippen LogP contribution in [0.15, 0.2) is 66.9 Å². The number of hydrogen-bond acceptors (Lipinski definition) is 2. The van der Waals surface area contributed by atoms with E-state index < -0.39 is 0 Å². The van der Waals surface area contributed by atoms with Gasteiger partial charge in [0.15, 0.2) is 0 Å². The molecule has 3 nitrogen and oxygen atoms in total. The lowest BCUT2D eigenvalue weighted by atomic mass is 10.1. The number of carbonyl (C=O) groups is 1. The fourth-order valence-electron chi connectivity index (χ4n) is 2.51. The average molecular weight is 320 g/mol. The van der Waals surface area contributed by atoms with Crippen LogP contribution < -0.4 is 5.32 Å². The summed E-state index contributed by atoms with van der Waals surface area (Å²) in [5.74, 6) is -0.455. The lowest BCUT2D eigenvalue weighted by Crippen LogP contribution is -2.23. The van der Waals surface area contributed by atoms with Crippen molar-refractivity contribution in [3.63, 3.8) is 0 Å². The first-order valence-corrected chi connectivity index (χ1v) is 7.77. The Morgan fingerprint density at radius 2 is 1.92 bits per heavy atom. The predicted molar refractivity (Wildman–Crippen MR) is 93.9 cm³/mol. The third-order valence-corrected chi connectivity index (χ3v) is 3.73. The van der Waals surface area contributed by atoms with Crippen molar-refractivity contribution in [2.24, 2.45) is 0 Å². The van der Waals surface area contributed by atoms with Crippen molar-refractivity contribution in [2.45, 2.75) is 6.42 Å². The van der Waals surface area contributed by atoms with Crippen LogP contribution in [0.1, 0.15) is 11.1 Å². The zero-order chi connectivity index (χ0) is 16.8. The van der Waals surface area contributed by atoms with Crippen LogP contribution in [-0.4, -0.2) is 17.4 Å². The van der Waals surface area contributed by atoms with Gasteiger partial charge in [0.1, 0.15) is 5.82 Å². The summed E-state index contributed by atoms with van der Waals surface area (Å²) in [5, 5.41) is 3.79. The highest BCUT2D eigenvalue weighted by Gasteiger charge is 2.02. The van der Waals surface area contributed by atoms with Crippen LogP contribution in [0.3, 0.4) is 0 Å². The molecule has 1 heterocycles. The Kier molecular flexibility index (Phi) is 4.96. The molecule has 0 unspecified atom stereocenters. The highest BCUT2D eigenvalue weighted by atomic mass is 19.1. The van der Waals surface area contributed by atoms with E-state index in [4.69, 9.17) is 0 Å². The molecule has 0 bridgehead atoms. The first-order chi connectivity index (χ1) is 11.7. The fraction of sp³-hybridized carbons (Fsp3) is 0.100. The summed E-state index contributed by atoms with van der Waals surface area (Å²) in [6, 6.07) is 16.3. The van der Waals surface area contributed by atoms with Crippen molar-refractivity contribution >= 4 is 22.9 Å². The maximum atomic E-state index is 13.5. The molecule has 1 N–H and O–H groups in total. The van der Waals surface area contributed by atoms with Crippen molar-refractivity contribution in [3.8, 4) is 0 Å². The summed E-state index contributed by atoms with van der Waals surface area (Å²) in [5.41, 5.74) is 2.34. The fourth-order valence-corrected chi connectivity index (χ4v) is 2.51. The standard InChI is InChI=1S/C20H17FN2O/c21-18-9-2-1-5-15(18)12-14-22-19(24)11-10-17-7-3-6-16-8-4-13-23-20(16)17/h1-11,13H,12,14H2,(H,22,24)/b11-10+. The number of aromatic nitrogens is 1. The van der Waals surface area contributed by atoms with Crippen LogP contribution in [-0.2, 0) is 11.2 Å². The van der Waals surface area contributed by atoms with Gasteiger partial charge in [0.25, 0.3) is 0 Å². The van der Waals surface area contributed by atoms with Gasteiger partial charge in [-0.1, -0.05) is 42.5 Å². The SMILES string of the molecule is O=C(/C=C/c1cccc2cccnc12)NCCc1ccccc1F. The molecule has 0 aliphatic heterocycles. The van der Waals surface area contributed by atoms with Crippen molar-refractivity contribution < 1.29 is 9.18 Å². The van der Waals surface area contributed by atoms with Gasteiger partial charge in [0.2, 0.25) is 5.91 Å². The minimum Gasteiger partial charge on any atom is -0.352 e. The van der Waals surface area contributed by atoms with E-state index in [0.717, 1.165) is 16.5 Å². The monoisotopic (exact) mass is 320 g/mol. The zero-order valence-electron chi connectivity index (χ0n) is 13.1. The molecule has 3 aromatic rings. The van der Waals surface area contributed by atoms with Crippen molar-refractivity contribution in [2.75, 3.05) is 6.54 Å². The molecule has 0 atom stereocenters. The number of halogens is 1. The van der Waals surface area contributed by atoms with E-state index >= 15 is 0 Å². The molecule has 0 aliphatic rings. The van der Waals surface area contributed by atoms with E-state index in [-0.39, 0.29) is 11.7 Å². The van der Waals surface area contributed by atoms with Gasteiger partial charge < -0.3 is 5.32 Å². The molecule has 0 saturated heterocycles. The number of amides is 1. The second-order valence-corrected chi connectivity index (χ2v) is 5.39. The molecule has 0 fully saturated rings. The molecule has 0 aliphatic carbocycles. The number of hydrogen-bond donors (Lipinski definition) is 1. The molecule has 0 radical (unpaired) electrons. The molecular weight excluding hydrogens is 303 g/mol. The van der Waals surface area contributed by atoms with Crippen LogP contribution in [0.2, 0.25) is 0 Å². The van der Waals surface area contributed by atoms with E-state index in [2.05, 4.69) is 10.3 Å². The lowest BCUT2D eigenvalue weighted by molar-refractivity contribution is -0.116. The third kappa shape index (κ3) is 3.84. The van der Waals surface area contributed by atoms with E-state index in [9.17, 15) is 9.18 Å². The van der Waals surface area contributed by atoms with Gasteiger partial charge in [-0.15, -0.1) is 0 Å². The Morgan fingerprint density at radius 3 is 2.79 bits per heavy atom. The minimum absolute atomic E-state index is 0.209. The van der Waals surface area contributed by atoms with Crippen molar-refractivity contribution in [3.05, 3.63) is 83.8 Å². The van der Waals surface area contributed by atoms with Crippen LogP contribution in [0.5, 0.6) is 0 Å². The van der Waals surface area contributed by atoms with Gasteiger partial charge in [-0.2, -0.15) is 0 Å². The highest BCUT2D eigenvalue weighted by molar-refractivity contribution is 5.95. The largest absolute Gasteiger partial charge is 0.352 e. The van der Waals surface area contributed by atoms with E-state index in [1.54, 1.807) is 30.5 Å². The first-order valence-electron chi connectivity index (χ1n) is 7.77. The Bertz CT molecular complexity index is 884. The number of para-hydroxylation sites is 1. The number of pyridine rings is 1. The van der Waals surface area contributed by atoms with Crippen LogP contribution in [0.25, 0.3) is 17.0 Å². The van der Waals surface area contributed by atoms with Crippen LogP contribution in [0, 0.1) is 5.82 Å². The molecule has 3 rings (SSSR count). The van der Waals surface area contributed by atoms with E-state index in [1.165, 1.54) is 12.1 Å². The Balaban J connectivity index is 1.60. The van der Waals surface area contributed by atoms with Crippen molar-refractivity contribution in [1.82, 2.24) is 10.3 Å². The van der Waals surface area contributed by atoms with Gasteiger partial charge in [0, 0.05) is 29.8 Å². The molecule has 1 aromatic heterocycles. The molecule has 0 spiro atoms. The summed E-state index contributed by atoms with van der Waals surface area (Å²) in [6.07, 6.45) is 5.41. The van der Waals surface area contributed by atoms with E-state index in [1.807, 2.05) is 30.3 Å². The molecule has 1 amide bonds. The quantitative estimate of drug-likeness (QED) is 0.728. The number of fused-ring (bicyclic) bond motifs is 1. The van der Waals surface area contributed by atoms with E-state index in [0.29, 0.717) is 18.5 Å². The number of nitrogens with zero attached hydrogens (tertiary/aromatic N) is 1. The van der Waals surface area contributed by atoms with Crippen LogP contribution >= 0.6 is 0 Å². The average Bonchev–Trinajstić information content (AvgIpc) is 2.61. The molecule has 24 heavy (non-hydrogen) atoms. The Hall–Kier alpha value is -3.01. The van der Waals surface area contributed by atoms with Crippen molar-refractivity contribution in [1.29, 1.82) is 0 Å². The summed E-state index contributed by atoms with van der Waals surface area (Å²) in [6.45, 7) is 0.387. The number of nitrogens with one attached hydrogen (secondary N) is 1. The normalized spacial score (nSPS) is 11.0. The molecule has 120 valence electrons. The zero-order valence-corrected chi connectivity index (χ0v) is 13.1. The van der Waals surface area contributed by atoms with Gasteiger partial charge >= 0.3 is 0 Å².